The van der Waals surface area contributed by atoms with E-state index in [1.165, 1.54) is 5.56 Å². The van der Waals surface area contributed by atoms with Gasteiger partial charge in [0.25, 0.3) is 0 Å². The van der Waals surface area contributed by atoms with Gasteiger partial charge in [-0.2, -0.15) is 4.57 Å². The Bertz CT molecular complexity index is 811. The molecule has 2 aromatic carbocycles. The van der Waals surface area contributed by atoms with E-state index in [4.69, 9.17) is 0 Å². The topological polar surface area (TPSA) is 33.8 Å². The van der Waals surface area contributed by atoms with Gasteiger partial charge in [0.15, 0.2) is 24.6 Å². The quantitative estimate of drug-likeness (QED) is 0.411. The highest BCUT2D eigenvalue weighted by atomic mass is 16.1. The number of carbonyl (C=O) groups is 1. The van der Waals surface area contributed by atoms with Crippen LogP contribution >= 0.6 is 0 Å². The minimum Gasteiger partial charge on any atom is -0.287 e. The second kappa shape index (κ2) is 7.27. The Morgan fingerprint density at radius 3 is 2.43 bits per heavy atom. The molecular formula is C20H17N2O+. The fraction of sp³-hybridized carbons (Fsp3) is 0.0500. The SMILES string of the molecule is O=C(C=Cc1ccccc1)c1c[n+](Cc2ccccc2)ccn1. The third kappa shape index (κ3) is 4.20. The zero-order valence-electron chi connectivity index (χ0n) is 12.7. The molecule has 0 aliphatic rings. The Balaban J connectivity index is 1.74. The maximum absolute atomic E-state index is 12.3. The molecule has 0 bridgehead atoms. The normalized spacial score (nSPS) is 10.8. The molecule has 3 heteroatoms. The highest BCUT2D eigenvalue weighted by Crippen LogP contribution is 2.03. The Hall–Kier alpha value is -3.07. The van der Waals surface area contributed by atoms with Crippen LogP contribution in [0.2, 0.25) is 0 Å². The van der Waals surface area contributed by atoms with Crippen LogP contribution in [0.4, 0.5) is 0 Å². The van der Waals surface area contributed by atoms with Gasteiger partial charge in [0.2, 0.25) is 5.78 Å². The molecule has 0 unspecified atom stereocenters. The van der Waals surface area contributed by atoms with E-state index in [0.29, 0.717) is 12.2 Å². The number of ketones is 1. The number of benzene rings is 2. The maximum atomic E-state index is 12.3. The molecular weight excluding hydrogens is 284 g/mol. The van der Waals surface area contributed by atoms with Crippen molar-refractivity contribution in [3.63, 3.8) is 0 Å². The molecule has 0 radical (unpaired) electrons. The largest absolute Gasteiger partial charge is 0.287 e. The highest BCUT2D eigenvalue weighted by Gasteiger charge is 2.10. The number of carbonyl (C=O) groups excluding carboxylic acids is 1. The van der Waals surface area contributed by atoms with Gasteiger partial charge >= 0.3 is 0 Å². The van der Waals surface area contributed by atoms with Crippen molar-refractivity contribution in [3.8, 4) is 0 Å². The molecule has 0 aliphatic carbocycles. The molecule has 0 aliphatic heterocycles. The summed E-state index contributed by atoms with van der Waals surface area (Å²) in [6, 6.07) is 19.9. The molecule has 0 spiro atoms. The third-order valence-corrected chi connectivity index (χ3v) is 3.45. The molecule has 1 aromatic heterocycles. The van der Waals surface area contributed by atoms with E-state index in [1.54, 1.807) is 24.5 Å². The van der Waals surface area contributed by atoms with E-state index >= 15 is 0 Å². The first-order valence-corrected chi connectivity index (χ1v) is 7.48. The van der Waals surface area contributed by atoms with Crippen LogP contribution in [0.15, 0.2) is 85.3 Å². The summed E-state index contributed by atoms with van der Waals surface area (Å²) < 4.78 is 1.96. The molecule has 0 amide bonds. The van der Waals surface area contributed by atoms with E-state index in [-0.39, 0.29) is 5.78 Å². The molecule has 3 aromatic rings. The Morgan fingerprint density at radius 2 is 1.70 bits per heavy atom. The fourth-order valence-corrected chi connectivity index (χ4v) is 2.27. The molecule has 1 heterocycles. The monoisotopic (exact) mass is 301 g/mol. The molecule has 0 fully saturated rings. The summed E-state index contributed by atoms with van der Waals surface area (Å²) >= 11 is 0. The number of aromatic nitrogens is 2. The average Bonchev–Trinajstić information content (AvgIpc) is 2.62. The van der Waals surface area contributed by atoms with Gasteiger partial charge < -0.3 is 0 Å². The van der Waals surface area contributed by atoms with Crippen molar-refractivity contribution in [2.24, 2.45) is 0 Å². The lowest BCUT2D eigenvalue weighted by Gasteiger charge is -1.99. The maximum Gasteiger partial charge on any atom is 0.210 e. The first-order valence-electron chi connectivity index (χ1n) is 7.48. The molecule has 3 rings (SSSR count). The zero-order valence-corrected chi connectivity index (χ0v) is 12.7. The minimum absolute atomic E-state index is 0.101. The second-order valence-electron chi connectivity index (χ2n) is 5.21. The van der Waals surface area contributed by atoms with E-state index in [0.717, 1.165) is 5.56 Å². The van der Waals surface area contributed by atoms with Crippen molar-refractivity contribution in [3.05, 3.63) is 102 Å². The molecule has 3 nitrogen and oxygen atoms in total. The van der Waals surface area contributed by atoms with Crippen LogP contribution < -0.4 is 4.57 Å². The number of hydrogen-bond donors (Lipinski definition) is 0. The molecule has 0 saturated carbocycles. The summed E-state index contributed by atoms with van der Waals surface area (Å²) in [5, 5.41) is 0. The van der Waals surface area contributed by atoms with Gasteiger partial charge in [0.05, 0.1) is 6.20 Å². The van der Waals surface area contributed by atoms with E-state index in [9.17, 15) is 4.79 Å². The summed E-state index contributed by atoms with van der Waals surface area (Å²) in [6.07, 6.45) is 8.67. The van der Waals surface area contributed by atoms with Crippen molar-refractivity contribution >= 4 is 11.9 Å². The predicted molar refractivity (Wildman–Crippen MR) is 89.8 cm³/mol. The van der Waals surface area contributed by atoms with Crippen LogP contribution in [0.5, 0.6) is 0 Å². The van der Waals surface area contributed by atoms with Crippen LogP contribution in [-0.4, -0.2) is 10.8 Å². The van der Waals surface area contributed by atoms with Crippen LogP contribution in [-0.2, 0) is 6.54 Å². The third-order valence-electron chi connectivity index (χ3n) is 3.45. The second-order valence-corrected chi connectivity index (χ2v) is 5.21. The first-order chi connectivity index (χ1) is 11.3. The van der Waals surface area contributed by atoms with Gasteiger partial charge in [-0.25, -0.2) is 4.98 Å². The van der Waals surface area contributed by atoms with Crippen molar-refractivity contribution < 1.29 is 9.36 Å². The summed E-state index contributed by atoms with van der Waals surface area (Å²) in [4.78, 5) is 16.4. The number of rotatable bonds is 5. The van der Waals surface area contributed by atoms with Crippen LogP contribution in [0.25, 0.3) is 6.08 Å². The lowest BCUT2D eigenvalue weighted by atomic mass is 10.2. The van der Waals surface area contributed by atoms with Crippen molar-refractivity contribution in [1.82, 2.24) is 4.98 Å². The standard InChI is InChI=1S/C20H17N2O/c23-20(12-11-17-7-3-1-4-8-17)19-16-22(14-13-21-19)15-18-9-5-2-6-10-18/h1-14,16H,15H2/q+1. The van der Waals surface area contributed by atoms with Gasteiger partial charge in [-0.15, -0.1) is 0 Å². The van der Waals surface area contributed by atoms with Gasteiger partial charge in [0.1, 0.15) is 0 Å². The summed E-state index contributed by atoms with van der Waals surface area (Å²) in [5.74, 6) is -0.101. The number of hydrogen-bond acceptors (Lipinski definition) is 2. The van der Waals surface area contributed by atoms with Gasteiger partial charge in [-0.1, -0.05) is 66.7 Å². The molecule has 23 heavy (non-hydrogen) atoms. The van der Waals surface area contributed by atoms with Gasteiger partial charge in [-0.3, -0.25) is 4.79 Å². The number of nitrogens with zero attached hydrogens (tertiary/aromatic N) is 2. The molecule has 0 atom stereocenters. The van der Waals surface area contributed by atoms with E-state index in [1.807, 2.05) is 59.3 Å². The Morgan fingerprint density at radius 1 is 1.00 bits per heavy atom. The van der Waals surface area contributed by atoms with Crippen molar-refractivity contribution in [2.75, 3.05) is 0 Å². The summed E-state index contributed by atoms with van der Waals surface area (Å²) in [5.41, 5.74) is 2.62. The first kappa shape index (κ1) is 14.9. The van der Waals surface area contributed by atoms with E-state index < -0.39 is 0 Å². The lowest BCUT2D eigenvalue weighted by molar-refractivity contribution is -0.689. The van der Waals surface area contributed by atoms with Gasteiger partial charge in [-0.05, 0) is 11.6 Å². The van der Waals surface area contributed by atoms with Crippen molar-refractivity contribution in [2.45, 2.75) is 6.54 Å². The minimum atomic E-state index is -0.101. The summed E-state index contributed by atoms with van der Waals surface area (Å²) in [7, 11) is 0. The van der Waals surface area contributed by atoms with Crippen LogP contribution in [0.1, 0.15) is 21.6 Å². The van der Waals surface area contributed by atoms with Crippen LogP contribution in [0.3, 0.4) is 0 Å². The average molecular weight is 301 g/mol. The Labute approximate surface area is 135 Å². The van der Waals surface area contributed by atoms with E-state index in [2.05, 4.69) is 17.1 Å². The Kier molecular flexibility index (Phi) is 4.69. The highest BCUT2D eigenvalue weighted by molar-refractivity contribution is 6.05. The molecule has 0 N–H and O–H groups in total. The zero-order chi connectivity index (χ0) is 15.9. The molecule has 0 saturated heterocycles. The molecule has 112 valence electrons. The number of allylic oxidation sites excluding steroid dienone is 1. The predicted octanol–water partition coefficient (Wildman–Crippen LogP) is 3.31. The summed E-state index contributed by atoms with van der Waals surface area (Å²) in [6.45, 7) is 0.714. The lowest BCUT2D eigenvalue weighted by Crippen LogP contribution is -2.34. The van der Waals surface area contributed by atoms with Crippen molar-refractivity contribution in [1.29, 1.82) is 0 Å². The smallest absolute Gasteiger partial charge is 0.210 e. The fourth-order valence-electron chi connectivity index (χ4n) is 2.27. The van der Waals surface area contributed by atoms with Crippen LogP contribution in [0, 0.1) is 0 Å². The van der Waals surface area contributed by atoms with Gasteiger partial charge in [0, 0.05) is 5.56 Å².